The standard InChI is InChI=1S/C28H25ClN4O3S/c1-17-15-20(10-11-21(17)31-25(34)16-35-2)33-27(26(32-28(33)37)22-5-3-4-14-30-22)24-13-12-23(36-24)18-6-8-19(29)9-7-18/h3-15,26-27H,16H2,1-2H3,(H,31,34)(H,32,37)/t26-,27+/m1/s1. The van der Waals surface area contributed by atoms with Crippen LogP contribution in [0, 0.1) is 6.92 Å². The summed E-state index contributed by atoms with van der Waals surface area (Å²) in [7, 11) is 1.49. The number of rotatable bonds is 7. The number of halogens is 1. The summed E-state index contributed by atoms with van der Waals surface area (Å²) in [4.78, 5) is 18.7. The second-order valence-electron chi connectivity index (χ2n) is 8.69. The average molecular weight is 533 g/mol. The summed E-state index contributed by atoms with van der Waals surface area (Å²) in [6.07, 6.45) is 1.77. The molecule has 1 saturated heterocycles. The number of nitrogens with zero attached hydrogens (tertiary/aromatic N) is 2. The predicted molar refractivity (Wildman–Crippen MR) is 149 cm³/mol. The number of anilines is 2. The first-order valence-electron chi connectivity index (χ1n) is 11.7. The van der Waals surface area contributed by atoms with Crippen LogP contribution in [0.25, 0.3) is 11.3 Å². The maximum absolute atomic E-state index is 12.0. The third kappa shape index (κ3) is 5.22. The lowest BCUT2D eigenvalue weighted by molar-refractivity contribution is -0.119. The van der Waals surface area contributed by atoms with Crippen molar-refractivity contribution in [1.29, 1.82) is 0 Å². The smallest absolute Gasteiger partial charge is 0.250 e. The van der Waals surface area contributed by atoms with E-state index in [1.807, 2.05) is 84.6 Å². The molecule has 0 radical (unpaired) electrons. The van der Waals surface area contributed by atoms with Gasteiger partial charge in [0.15, 0.2) is 5.11 Å². The number of aryl methyl sites for hydroxylation is 1. The number of hydrogen-bond acceptors (Lipinski definition) is 5. The van der Waals surface area contributed by atoms with Crippen molar-refractivity contribution in [2.75, 3.05) is 23.9 Å². The van der Waals surface area contributed by atoms with Crippen LogP contribution < -0.4 is 15.5 Å². The molecule has 1 amide bonds. The first-order chi connectivity index (χ1) is 17.9. The molecule has 0 saturated carbocycles. The minimum absolute atomic E-state index is 0.0103. The van der Waals surface area contributed by atoms with Gasteiger partial charge in [-0.2, -0.15) is 0 Å². The fourth-order valence-electron chi connectivity index (χ4n) is 4.46. The Kier molecular flexibility index (Phi) is 7.23. The van der Waals surface area contributed by atoms with Gasteiger partial charge < -0.3 is 24.7 Å². The van der Waals surface area contributed by atoms with Crippen LogP contribution in [0.4, 0.5) is 11.4 Å². The van der Waals surface area contributed by atoms with Gasteiger partial charge >= 0.3 is 0 Å². The van der Waals surface area contributed by atoms with Gasteiger partial charge in [0.05, 0.1) is 11.7 Å². The number of aromatic nitrogens is 1. The normalized spacial score (nSPS) is 17.1. The van der Waals surface area contributed by atoms with Crippen molar-refractivity contribution in [3.05, 3.63) is 101 Å². The van der Waals surface area contributed by atoms with Gasteiger partial charge in [0, 0.05) is 35.3 Å². The minimum Gasteiger partial charge on any atom is -0.459 e. The van der Waals surface area contributed by atoms with Gasteiger partial charge in [-0.3, -0.25) is 9.78 Å². The van der Waals surface area contributed by atoms with Crippen molar-refractivity contribution in [3.8, 4) is 11.3 Å². The lowest BCUT2D eigenvalue weighted by atomic mass is 10.0. The van der Waals surface area contributed by atoms with Crippen LogP contribution in [-0.4, -0.2) is 29.7 Å². The molecule has 1 fully saturated rings. The number of pyridine rings is 1. The van der Waals surface area contributed by atoms with E-state index in [4.69, 9.17) is 33.0 Å². The number of thiocarbonyl (C=S) groups is 1. The van der Waals surface area contributed by atoms with E-state index in [1.165, 1.54) is 7.11 Å². The van der Waals surface area contributed by atoms with E-state index in [0.29, 0.717) is 15.8 Å². The first kappa shape index (κ1) is 25.0. The Labute approximate surface area is 225 Å². The summed E-state index contributed by atoms with van der Waals surface area (Å²) in [6.45, 7) is 1.93. The highest BCUT2D eigenvalue weighted by molar-refractivity contribution is 7.80. The molecule has 0 aliphatic carbocycles. The highest BCUT2D eigenvalue weighted by Crippen LogP contribution is 2.43. The van der Waals surface area contributed by atoms with E-state index in [-0.39, 0.29) is 24.6 Å². The molecular weight excluding hydrogens is 508 g/mol. The molecule has 2 N–H and O–H groups in total. The zero-order valence-electron chi connectivity index (χ0n) is 20.3. The molecule has 37 heavy (non-hydrogen) atoms. The number of carbonyl (C=O) groups is 1. The predicted octanol–water partition coefficient (Wildman–Crippen LogP) is 6.07. The van der Waals surface area contributed by atoms with Gasteiger partial charge in [0.25, 0.3) is 0 Å². The van der Waals surface area contributed by atoms with Gasteiger partial charge in [-0.1, -0.05) is 17.7 Å². The van der Waals surface area contributed by atoms with Crippen molar-refractivity contribution >= 4 is 46.2 Å². The van der Waals surface area contributed by atoms with Gasteiger partial charge in [-0.15, -0.1) is 0 Å². The van der Waals surface area contributed by atoms with E-state index < -0.39 is 0 Å². The van der Waals surface area contributed by atoms with Crippen LogP contribution in [-0.2, 0) is 9.53 Å². The summed E-state index contributed by atoms with van der Waals surface area (Å²) in [6, 6.07) is 22.5. The molecule has 2 aromatic heterocycles. The molecule has 3 heterocycles. The van der Waals surface area contributed by atoms with Crippen LogP contribution >= 0.6 is 23.8 Å². The Balaban J connectivity index is 1.53. The fraction of sp³-hybridized carbons (Fsp3) is 0.179. The fourth-order valence-corrected chi connectivity index (χ4v) is 4.93. The highest BCUT2D eigenvalue weighted by atomic mass is 35.5. The molecule has 4 aromatic rings. The highest BCUT2D eigenvalue weighted by Gasteiger charge is 2.42. The van der Waals surface area contributed by atoms with Crippen LogP contribution in [0.3, 0.4) is 0 Å². The Morgan fingerprint density at radius 1 is 1.16 bits per heavy atom. The molecule has 5 rings (SSSR count). The summed E-state index contributed by atoms with van der Waals surface area (Å²) >= 11 is 11.9. The molecule has 2 atom stereocenters. The largest absolute Gasteiger partial charge is 0.459 e. The van der Waals surface area contributed by atoms with E-state index in [1.54, 1.807) is 6.20 Å². The number of hydrogen-bond donors (Lipinski definition) is 2. The number of ether oxygens (including phenoxy) is 1. The third-order valence-electron chi connectivity index (χ3n) is 6.18. The molecule has 9 heteroatoms. The Morgan fingerprint density at radius 3 is 2.68 bits per heavy atom. The second kappa shape index (κ2) is 10.7. The van der Waals surface area contributed by atoms with Crippen molar-refractivity contribution in [2.45, 2.75) is 19.0 Å². The van der Waals surface area contributed by atoms with Gasteiger partial charge in [-0.05, 0) is 91.4 Å². The molecule has 188 valence electrons. The molecule has 2 aromatic carbocycles. The van der Waals surface area contributed by atoms with E-state index in [9.17, 15) is 4.79 Å². The SMILES string of the molecule is COCC(=O)Nc1ccc(N2C(=S)N[C@H](c3ccccn3)[C@@H]2c2ccc(-c3ccc(Cl)cc3)o2)cc1C. The van der Waals surface area contributed by atoms with Gasteiger partial charge in [0.2, 0.25) is 5.91 Å². The summed E-state index contributed by atoms with van der Waals surface area (Å²) in [5.41, 5.74) is 4.25. The van der Waals surface area contributed by atoms with Crippen molar-refractivity contribution in [1.82, 2.24) is 10.3 Å². The Hall–Kier alpha value is -3.72. The van der Waals surface area contributed by atoms with E-state index in [0.717, 1.165) is 34.0 Å². The quantitative estimate of drug-likeness (QED) is 0.280. The number of benzene rings is 2. The van der Waals surface area contributed by atoms with E-state index >= 15 is 0 Å². The van der Waals surface area contributed by atoms with Crippen molar-refractivity contribution < 1.29 is 13.9 Å². The van der Waals surface area contributed by atoms with Gasteiger partial charge in [0.1, 0.15) is 24.2 Å². The topological polar surface area (TPSA) is 79.6 Å². The van der Waals surface area contributed by atoms with Crippen LogP contribution in [0.2, 0.25) is 5.02 Å². The molecular formula is C28H25ClN4O3S. The zero-order valence-corrected chi connectivity index (χ0v) is 21.8. The van der Waals surface area contributed by atoms with Crippen LogP contribution in [0.1, 0.15) is 29.1 Å². The number of furan rings is 1. The molecule has 0 unspecified atom stereocenters. The maximum atomic E-state index is 12.0. The molecule has 0 bridgehead atoms. The summed E-state index contributed by atoms with van der Waals surface area (Å²) < 4.78 is 11.3. The number of methoxy groups -OCH3 is 1. The third-order valence-corrected chi connectivity index (χ3v) is 6.75. The second-order valence-corrected chi connectivity index (χ2v) is 9.51. The first-order valence-corrected chi connectivity index (χ1v) is 12.5. The number of carbonyl (C=O) groups excluding carboxylic acids is 1. The molecule has 7 nitrogen and oxygen atoms in total. The number of amides is 1. The van der Waals surface area contributed by atoms with Crippen molar-refractivity contribution in [2.24, 2.45) is 0 Å². The molecule has 1 aliphatic heterocycles. The lowest BCUT2D eigenvalue weighted by Gasteiger charge is -2.26. The van der Waals surface area contributed by atoms with E-state index in [2.05, 4.69) is 15.6 Å². The molecule has 1 aliphatic rings. The summed E-state index contributed by atoms with van der Waals surface area (Å²) in [5, 5.41) is 7.53. The maximum Gasteiger partial charge on any atom is 0.250 e. The summed E-state index contributed by atoms with van der Waals surface area (Å²) in [5.74, 6) is 1.26. The van der Waals surface area contributed by atoms with Crippen molar-refractivity contribution in [3.63, 3.8) is 0 Å². The minimum atomic E-state index is -0.295. The van der Waals surface area contributed by atoms with Crippen LogP contribution in [0.15, 0.2) is 83.4 Å². The Morgan fingerprint density at radius 2 is 1.97 bits per heavy atom. The lowest BCUT2D eigenvalue weighted by Crippen LogP contribution is -2.29. The zero-order chi connectivity index (χ0) is 25.9. The Bertz CT molecular complexity index is 1430. The average Bonchev–Trinajstić information content (AvgIpc) is 3.51. The monoisotopic (exact) mass is 532 g/mol. The molecule has 0 spiro atoms. The van der Waals surface area contributed by atoms with Crippen LogP contribution in [0.5, 0.6) is 0 Å². The van der Waals surface area contributed by atoms with Gasteiger partial charge in [-0.25, -0.2) is 0 Å². The number of nitrogens with one attached hydrogen (secondary N) is 2.